The van der Waals surface area contributed by atoms with Crippen molar-refractivity contribution in [2.75, 3.05) is 12.0 Å². The third-order valence-corrected chi connectivity index (χ3v) is 4.04. The van der Waals surface area contributed by atoms with Gasteiger partial charge in [0.05, 0.1) is 28.2 Å². The highest BCUT2D eigenvalue weighted by molar-refractivity contribution is 5.98. The number of anilines is 1. The summed E-state index contributed by atoms with van der Waals surface area (Å²) in [5, 5.41) is 22.7. The normalized spacial score (nSPS) is 13.0. The van der Waals surface area contributed by atoms with Gasteiger partial charge in [0.15, 0.2) is 0 Å². The predicted molar refractivity (Wildman–Crippen MR) is 85.0 cm³/mol. The number of H-pyrrole nitrogens is 1. The molecule has 23 heavy (non-hydrogen) atoms. The third kappa shape index (κ3) is 1.98. The quantitative estimate of drug-likeness (QED) is 0.506. The molecule has 7 nitrogen and oxygen atoms in total. The average Bonchev–Trinajstić information content (AvgIpc) is 3.14. The van der Waals surface area contributed by atoms with Crippen LogP contribution < -0.4 is 16.1 Å². The second-order valence-electron chi connectivity index (χ2n) is 5.29. The highest BCUT2D eigenvalue weighted by Crippen LogP contribution is 2.31. The van der Waals surface area contributed by atoms with Crippen LogP contribution in [0, 0.1) is 10.1 Å². The minimum Gasteiger partial charge on any atom is -0.353 e. The molecule has 2 aromatic carbocycles. The van der Waals surface area contributed by atoms with Crippen molar-refractivity contribution in [1.82, 2.24) is 4.98 Å². The van der Waals surface area contributed by atoms with E-state index >= 15 is 0 Å². The van der Waals surface area contributed by atoms with E-state index in [1.807, 2.05) is 24.3 Å². The Bertz CT molecular complexity index is 1070. The summed E-state index contributed by atoms with van der Waals surface area (Å²) in [6, 6.07) is 12.3. The monoisotopic (exact) mass is 308 g/mol. The average molecular weight is 308 g/mol. The number of rotatable bonds is 3. The molecule has 0 bridgehead atoms. The van der Waals surface area contributed by atoms with Crippen molar-refractivity contribution in [3.05, 3.63) is 68.8 Å². The molecule has 0 saturated carbocycles. The van der Waals surface area contributed by atoms with Gasteiger partial charge in [-0.15, -0.1) is 0 Å². The van der Waals surface area contributed by atoms with Crippen LogP contribution in [-0.4, -0.2) is 21.7 Å². The van der Waals surface area contributed by atoms with Gasteiger partial charge in [-0.3, -0.25) is 25.8 Å². The Hall–Kier alpha value is -3.19. The number of para-hydroxylation sites is 1. The first kappa shape index (κ1) is 13.5. The van der Waals surface area contributed by atoms with Crippen LogP contribution in [0.5, 0.6) is 0 Å². The number of aromatic nitrogens is 1. The smallest absolute Gasteiger partial charge is 0.271 e. The summed E-state index contributed by atoms with van der Waals surface area (Å²) < 4.78 is 0. The Morgan fingerprint density at radius 1 is 1.26 bits per heavy atom. The minimum absolute atomic E-state index is 0.0194. The molecule has 3 N–H and O–H groups in total. The van der Waals surface area contributed by atoms with Crippen molar-refractivity contribution in [3.63, 3.8) is 0 Å². The van der Waals surface area contributed by atoms with Crippen molar-refractivity contribution in [3.8, 4) is 0 Å². The molecule has 7 heteroatoms. The van der Waals surface area contributed by atoms with Gasteiger partial charge in [0.25, 0.3) is 5.69 Å². The van der Waals surface area contributed by atoms with E-state index in [1.165, 1.54) is 12.1 Å². The van der Waals surface area contributed by atoms with E-state index < -0.39 is 4.92 Å². The fourth-order valence-electron chi connectivity index (χ4n) is 2.97. The Morgan fingerprint density at radius 2 is 2.09 bits per heavy atom. The van der Waals surface area contributed by atoms with Gasteiger partial charge < -0.3 is 4.98 Å². The van der Waals surface area contributed by atoms with E-state index in [0.29, 0.717) is 17.6 Å². The van der Waals surface area contributed by atoms with Crippen LogP contribution in [0.15, 0.2) is 47.5 Å². The van der Waals surface area contributed by atoms with Gasteiger partial charge in [-0.2, -0.15) is 0 Å². The zero-order chi connectivity index (χ0) is 16.0. The maximum Gasteiger partial charge on any atom is 0.271 e. The van der Waals surface area contributed by atoms with Crippen LogP contribution in [0.4, 0.5) is 11.4 Å². The maximum absolute atomic E-state index is 10.9. The van der Waals surface area contributed by atoms with Gasteiger partial charge in [-0.05, 0) is 12.1 Å². The fraction of sp³-hybridized carbons (Fsp3) is 0.0625. The Labute approximate surface area is 129 Å². The van der Waals surface area contributed by atoms with Gasteiger partial charge in [0.1, 0.15) is 0 Å². The number of benzene rings is 2. The van der Waals surface area contributed by atoms with Gasteiger partial charge in [-0.25, -0.2) is 0 Å². The standard InChI is InChI=1S/C16H12N4O3/c21-19-16-11-3-1-2-4-13(11)18-15(16)12-8-17-14-7-9(20(22)23)5-6-10(12)14/h1-7,18-19,21H,8H2. The molecule has 0 fully saturated rings. The number of hydrogen-bond acceptors (Lipinski definition) is 5. The van der Waals surface area contributed by atoms with Gasteiger partial charge >= 0.3 is 0 Å². The molecule has 0 amide bonds. The zero-order valence-electron chi connectivity index (χ0n) is 11.9. The lowest BCUT2D eigenvalue weighted by Gasteiger charge is -2.03. The van der Waals surface area contributed by atoms with Crippen molar-refractivity contribution < 1.29 is 10.1 Å². The number of non-ortho nitro benzene ring substituents is 1. The van der Waals surface area contributed by atoms with Gasteiger partial charge in [0.2, 0.25) is 0 Å². The summed E-state index contributed by atoms with van der Waals surface area (Å²) in [4.78, 5) is 18.1. The number of nitro benzene ring substituents is 1. The van der Waals surface area contributed by atoms with E-state index in [0.717, 1.165) is 27.4 Å². The molecular formula is C16H12N4O3. The second-order valence-corrected chi connectivity index (χ2v) is 5.29. The van der Waals surface area contributed by atoms with E-state index in [-0.39, 0.29) is 5.69 Å². The first-order chi connectivity index (χ1) is 11.2. The molecular weight excluding hydrogens is 296 g/mol. The highest BCUT2D eigenvalue weighted by atomic mass is 16.6. The van der Waals surface area contributed by atoms with Crippen LogP contribution in [0.2, 0.25) is 0 Å². The number of aromatic amines is 1. The molecule has 3 aromatic rings. The lowest BCUT2D eigenvalue weighted by molar-refractivity contribution is -0.385. The van der Waals surface area contributed by atoms with Crippen LogP contribution in [0.1, 0.15) is 5.69 Å². The van der Waals surface area contributed by atoms with E-state index in [1.54, 1.807) is 6.07 Å². The zero-order valence-corrected chi connectivity index (χ0v) is 11.9. The van der Waals surface area contributed by atoms with Gasteiger partial charge in [0, 0.05) is 33.8 Å². The molecule has 0 saturated heterocycles. The lowest BCUT2D eigenvalue weighted by Crippen LogP contribution is -2.23. The third-order valence-electron chi connectivity index (χ3n) is 4.04. The summed E-state index contributed by atoms with van der Waals surface area (Å²) in [7, 11) is 0. The van der Waals surface area contributed by atoms with Crippen molar-refractivity contribution in [2.45, 2.75) is 0 Å². The van der Waals surface area contributed by atoms with Crippen LogP contribution in [0.3, 0.4) is 0 Å². The molecule has 114 valence electrons. The molecule has 0 atom stereocenters. The Balaban J connectivity index is 2.00. The summed E-state index contributed by atoms with van der Waals surface area (Å²) in [5.41, 5.74) is 5.38. The number of fused-ring (bicyclic) bond motifs is 2. The molecule has 1 aliphatic heterocycles. The molecule has 1 aliphatic rings. The van der Waals surface area contributed by atoms with Crippen molar-refractivity contribution in [1.29, 1.82) is 0 Å². The molecule has 4 rings (SSSR count). The fourth-order valence-corrected chi connectivity index (χ4v) is 2.97. The number of nitro groups is 1. The summed E-state index contributed by atoms with van der Waals surface area (Å²) >= 11 is 0. The van der Waals surface area contributed by atoms with Crippen LogP contribution in [-0.2, 0) is 0 Å². The van der Waals surface area contributed by atoms with E-state index in [9.17, 15) is 15.3 Å². The lowest BCUT2D eigenvalue weighted by atomic mass is 10.1. The summed E-state index contributed by atoms with van der Waals surface area (Å²) in [6.07, 6.45) is 0. The first-order valence-corrected chi connectivity index (χ1v) is 7.02. The van der Waals surface area contributed by atoms with Crippen LogP contribution in [0.25, 0.3) is 16.5 Å². The SMILES string of the molecule is O=[N+]([O-])c1ccc2c(c1)=NCC=2c1[nH]c2ccccc2c1NO. The summed E-state index contributed by atoms with van der Waals surface area (Å²) in [6.45, 7) is 0.401. The number of nitrogens with one attached hydrogen (secondary N) is 2. The van der Waals surface area contributed by atoms with Crippen molar-refractivity contribution in [2.24, 2.45) is 4.99 Å². The summed E-state index contributed by atoms with van der Waals surface area (Å²) in [5.74, 6) is 0. The van der Waals surface area contributed by atoms with E-state index in [2.05, 4.69) is 15.5 Å². The largest absolute Gasteiger partial charge is 0.353 e. The Kier molecular flexibility index (Phi) is 2.88. The Morgan fingerprint density at radius 3 is 2.87 bits per heavy atom. The first-order valence-electron chi connectivity index (χ1n) is 7.02. The second kappa shape index (κ2) is 4.92. The molecule has 2 heterocycles. The predicted octanol–water partition coefficient (Wildman–Crippen LogP) is 1.71. The molecule has 0 spiro atoms. The highest BCUT2D eigenvalue weighted by Gasteiger charge is 2.19. The molecule has 1 aromatic heterocycles. The minimum atomic E-state index is -0.433. The van der Waals surface area contributed by atoms with Crippen molar-refractivity contribution >= 4 is 27.9 Å². The number of nitrogens with zero attached hydrogens (tertiary/aromatic N) is 2. The molecule has 0 unspecified atom stereocenters. The van der Waals surface area contributed by atoms with E-state index in [4.69, 9.17) is 0 Å². The van der Waals surface area contributed by atoms with Crippen LogP contribution >= 0.6 is 0 Å². The maximum atomic E-state index is 10.9. The molecule has 0 radical (unpaired) electrons. The van der Waals surface area contributed by atoms with Gasteiger partial charge in [-0.1, -0.05) is 18.2 Å². The molecule has 0 aliphatic carbocycles. The number of hydrogen-bond donors (Lipinski definition) is 3. The topological polar surface area (TPSA) is 104 Å².